The Balaban J connectivity index is 2.16. The molecule has 2 amide bonds. The number of carbonyl (C=O) groups is 2. The molecule has 0 aliphatic carbocycles. The fourth-order valence-corrected chi connectivity index (χ4v) is 3.31. The molecule has 1 heterocycles. The summed E-state index contributed by atoms with van der Waals surface area (Å²) in [5, 5.41) is 3.99. The van der Waals surface area contributed by atoms with Crippen molar-refractivity contribution in [1.29, 1.82) is 0 Å². The number of aryl methyl sites for hydroxylation is 1. The Hall–Kier alpha value is -3.55. The van der Waals surface area contributed by atoms with Crippen molar-refractivity contribution >= 4 is 11.8 Å². The highest BCUT2D eigenvalue weighted by molar-refractivity contribution is 5.96. The number of primary amides is 1. The highest BCUT2D eigenvalue weighted by Crippen LogP contribution is 2.33. The molecule has 6 nitrogen and oxygen atoms in total. The Bertz CT molecular complexity index is 1020. The van der Waals surface area contributed by atoms with E-state index in [1.54, 1.807) is 44.3 Å². The van der Waals surface area contributed by atoms with Crippen LogP contribution in [-0.4, -0.2) is 26.5 Å². The Morgan fingerprint density at radius 1 is 1.03 bits per heavy atom. The van der Waals surface area contributed by atoms with Crippen molar-refractivity contribution in [2.75, 3.05) is 0 Å². The SMILES string of the molecule is C[C@H](c1cc(F)cc(F)c1)N(C(=O)c1ccnn1C)[C@@H](C(N)=O)c1ccccc1. The van der Waals surface area contributed by atoms with E-state index in [1.165, 1.54) is 21.8 Å². The summed E-state index contributed by atoms with van der Waals surface area (Å²) >= 11 is 0. The van der Waals surface area contributed by atoms with Crippen molar-refractivity contribution in [3.8, 4) is 0 Å². The van der Waals surface area contributed by atoms with Gasteiger partial charge in [0.1, 0.15) is 23.4 Å². The van der Waals surface area contributed by atoms with E-state index >= 15 is 0 Å². The van der Waals surface area contributed by atoms with Crippen molar-refractivity contribution in [2.45, 2.75) is 19.0 Å². The molecule has 3 rings (SSSR count). The van der Waals surface area contributed by atoms with Gasteiger partial charge in [0, 0.05) is 19.3 Å². The monoisotopic (exact) mass is 398 g/mol. The summed E-state index contributed by atoms with van der Waals surface area (Å²) in [6.07, 6.45) is 1.44. The minimum Gasteiger partial charge on any atom is -0.368 e. The first-order valence-electron chi connectivity index (χ1n) is 8.90. The molecule has 2 N–H and O–H groups in total. The van der Waals surface area contributed by atoms with Crippen molar-refractivity contribution < 1.29 is 18.4 Å². The van der Waals surface area contributed by atoms with Crippen LogP contribution in [0.15, 0.2) is 60.8 Å². The molecule has 0 bridgehead atoms. The summed E-state index contributed by atoms with van der Waals surface area (Å²) < 4.78 is 29.0. The minimum atomic E-state index is -1.15. The maximum absolute atomic E-state index is 13.8. The van der Waals surface area contributed by atoms with E-state index in [0.717, 1.165) is 18.2 Å². The average Bonchev–Trinajstić information content (AvgIpc) is 3.10. The number of rotatable bonds is 6. The van der Waals surface area contributed by atoms with Crippen LogP contribution in [0.2, 0.25) is 0 Å². The first kappa shape index (κ1) is 20.2. The van der Waals surface area contributed by atoms with Crippen LogP contribution in [0, 0.1) is 11.6 Å². The predicted molar refractivity (Wildman–Crippen MR) is 103 cm³/mol. The van der Waals surface area contributed by atoms with Crippen LogP contribution in [0.3, 0.4) is 0 Å². The predicted octanol–water partition coefficient (Wildman–Crippen LogP) is 3.13. The molecule has 29 heavy (non-hydrogen) atoms. The number of benzene rings is 2. The van der Waals surface area contributed by atoms with Gasteiger partial charge in [0.05, 0.1) is 6.04 Å². The Labute approximate surface area is 166 Å². The van der Waals surface area contributed by atoms with E-state index in [4.69, 9.17) is 5.73 Å². The summed E-state index contributed by atoms with van der Waals surface area (Å²) in [6, 6.07) is 11.0. The molecule has 0 saturated carbocycles. The number of aromatic nitrogens is 2. The first-order chi connectivity index (χ1) is 13.8. The lowest BCUT2D eigenvalue weighted by Gasteiger charge is -2.35. The molecule has 2 atom stereocenters. The van der Waals surface area contributed by atoms with Gasteiger partial charge in [-0.1, -0.05) is 30.3 Å². The molecular weight excluding hydrogens is 378 g/mol. The second-order valence-corrected chi connectivity index (χ2v) is 6.65. The van der Waals surface area contributed by atoms with Crippen molar-refractivity contribution in [3.05, 3.63) is 89.2 Å². The lowest BCUT2D eigenvalue weighted by molar-refractivity contribution is -0.123. The largest absolute Gasteiger partial charge is 0.368 e. The highest BCUT2D eigenvalue weighted by atomic mass is 19.1. The van der Waals surface area contributed by atoms with E-state index in [2.05, 4.69) is 5.10 Å². The number of carbonyl (C=O) groups excluding carboxylic acids is 2. The van der Waals surface area contributed by atoms with Crippen molar-refractivity contribution in [2.24, 2.45) is 12.8 Å². The van der Waals surface area contributed by atoms with Gasteiger partial charge in [0.25, 0.3) is 5.91 Å². The Morgan fingerprint density at radius 2 is 1.66 bits per heavy atom. The van der Waals surface area contributed by atoms with Gasteiger partial charge in [-0.15, -0.1) is 0 Å². The molecule has 8 heteroatoms. The van der Waals surface area contributed by atoms with E-state index < -0.39 is 35.5 Å². The molecule has 0 aliphatic rings. The number of amides is 2. The smallest absolute Gasteiger partial charge is 0.273 e. The highest BCUT2D eigenvalue weighted by Gasteiger charge is 2.36. The van der Waals surface area contributed by atoms with Gasteiger partial charge in [0.2, 0.25) is 5.91 Å². The Kier molecular flexibility index (Phi) is 5.72. The molecular formula is C21H20F2N4O2. The van der Waals surface area contributed by atoms with E-state index in [0.29, 0.717) is 5.56 Å². The molecule has 2 aromatic carbocycles. The number of nitrogens with zero attached hydrogens (tertiary/aromatic N) is 3. The summed E-state index contributed by atoms with van der Waals surface area (Å²) in [6.45, 7) is 1.58. The minimum absolute atomic E-state index is 0.195. The van der Waals surface area contributed by atoms with Crippen LogP contribution < -0.4 is 5.73 Å². The third-order valence-electron chi connectivity index (χ3n) is 4.72. The zero-order chi connectivity index (χ0) is 21.1. The van der Waals surface area contributed by atoms with Gasteiger partial charge in [-0.2, -0.15) is 5.10 Å². The molecule has 1 aromatic heterocycles. The molecule has 3 aromatic rings. The van der Waals surface area contributed by atoms with Crippen LogP contribution in [-0.2, 0) is 11.8 Å². The van der Waals surface area contributed by atoms with Crippen LogP contribution in [0.25, 0.3) is 0 Å². The zero-order valence-corrected chi connectivity index (χ0v) is 15.9. The summed E-state index contributed by atoms with van der Waals surface area (Å²) in [5.41, 5.74) is 6.56. The van der Waals surface area contributed by atoms with E-state index in [1.807, 2.05) is 0 Å². The number of halogens is 2. The number of hydrogen-bond acceptors (Lipinski definition) is 3. The quantitative estimate of drug-likeness (QED) is 0.693. The van der Waals surface area contributed by atoms with Gasteiger partial charge in [-0.05, 0) is 36.2 Å². The maximum atomic E-state index is 13.8. The van der Waals surface area contributed by atoms with Crippen LogP contribution in [0.1, 0.15) is 40.6 Å². The van der Waals surface area contributed by atoms with Crippen LogP contribution >= 0.6 is 0 Å². The van der Waals surface area contributed by atoms with Gasteiger partial charge < -0.3 is 10.6 Å². The molecule has 0 saturated heterocycles. The number of nitrogens with two attached hydrogens (primary N) is 1. The molecule has 0 spiro atoms. The molecule has 0 fully saturated rings. The summed E-state index contributed by atoms with van der Waals surface area (Å²) in [5.74, 6) is -2.88. The average molecular weight is 398 g/mol. The fraction of sp³-hybridized carbons (Fsp3) is 0.190. The third-order valence-corrected chi connectivity index (χ3v) is 4.72. The van der Waals surface area contributed by atoms with Gasteiger partial charge in [0.15, 0.2) is 0 Å². The summed E-state index contributed by atoms with van der Waals surface area (Å²) in [4.78, 5) is 27.1. The van der Waals surface area contributed by atoms with E-state index in [-0.39, 0.29) is 11.3 Å². The van der Waals surface area contributed by atoms with Crippen molar-refractivity contribution in [3.63, 3.8) is 0 Å². The second-order valence-electron chi connectivity index (χ2n) is 6.65. The molecule has 150 valence electrons. The maximum Gasteiger partial charge on any atom is 0.273 e. The van der Waals surface area contributed by atoms with E-state index in [9.17, 15) is 18.4 Å². The third kappa shape index (κ3) is 4.16. The molecule has 0 radical (unpaired) electrons. The van der Waals surface area contributed by atoms with Crippen LogP contribution in [0.5, 0.6) is 0 Å². The lowest BCUT2D eigenvalue weighted by atomic mass is 9.98. The molecule has 0 unspecified atom stereocenters. The standard InChI is InChI=1S/C21H20F2N4O2/c1-13(15-10-16(22)12-17(23)11-15)27(21(29)18-8-9-25-26(18)2)19(20(24)28)14-6-4-3-5-7-14/h3-13,19H,1-2H3,(H2,24,28)/t13-,19-/m1/s1. The molecule has 0 aliphatic heterocycles. The van der Waals surface area contributed by atoms with Crippen LogP contribution in [0.4, 0.5) is 8.78 Å². The normalized spacial score (nSPS) is 13.0. The van der Waals surface area contributed by atoms with Gasteiger partial charge in [-0.3, -0.25) is 14.3 Å². The zero-order valence-electron chi connectivity index (χ0n) is 15.9. The second kappa shape index (κ2) is 8.22. The first-order valence-corrected chi connectivity index (χ1v) is 8.90. The lowest BCUT2D eigenvalue weighted by Crippen LogP contribution is -2.43. The fourth-order valence-electron chi connectivity index (χ4n) is 3.31. The van der Waals surface area contributed by atoms with Crippen molar-refractivity contribution in [1.82, 2.24) is 14.7 Å². The van der Waals surface area contributed by atoms with Gasteiger partial charge in [-0.25, -0.2) is 8.78 Å². The summed E-state index contributed by atoms with van der Waals surface area (Å²) in [7, 11) is 1.58. The van der Waals surface area contributed by atoms with Gasteiger partial charge >= 0.3 is 0 Å². The number of hydrogen-bond donors (Lipinski definition) is 1. The topological polar surface area (TPSA) is 81.2 Å². The Morgan fingerprint density at radius 3 is 2.17 bits per heavy atom.